The van der Waals surface area contributed by atoms with Crippen molar-refractivity contribution in [3.05, 3.63) is 11.1 Å². The second-order valence-electron chi connectivity index (χ2n) is 3.13. The van der Waals surface area contributed by atoms with Crippen LogP contribution in [0.5, 0.6) is 0 Å². The summed E-state index contributed by atoms with van der Waals surface area (Å²) in [4.78, 5) is 21.7. The predicted molar refractivity (Wildman–Crippen MR) is 54.1 cm³/mol. The molecule has 0 atom stereocenters. The fourth-order valence-electron chi connectivity index (χ4n) is 1.43. The number of methoxy groups -OCH3 is 1. The van der Waals surface area contributed by atoms with Crippen LogP contribution in [-0.2, 0) is 9.53 Å². The highest BCUT2D eigenvalue weighted by Crippen LogP contribution is 2.24. The Morgan fingerprint density at radius 1 is 1.47 bits per heavy atom. The number of carbonyl (C=O) groups excluding carboxylic acids is 2. The number of rotatable bonds is 2. The standard InChI is InChI=1S/C9H13N3O3/c1-5-6(8(13)15-2)3-4-7(5)11-12-9(10)14/h3-4H2,1-2H3,(H3,10,12,14)/b11-7+. The van der Waals surface area contributed by atoms with Gasteiger partial charge in [-0.2, -0.15) is 5.10 Å². The number of carbonyl (C=O) groups is 2. The summed E-state index contributed by atoms with van der Waals surface area (Å²) in [6.07, 6.45) is 1.19. The van der Waals surface area contributed by atoms with Crippen LogP contribution in [-0.4, -0.2) is 24.8 Å². The van der Waals surface area contributed by atoms with Crippen molar-refractivity contribution < 1.29 is 14.3 Å². The number of hydrazone groups is 1. The lowest BCUT2D eigenvalue weighted by Crippen LogP contribution is -2.25. The van der Waals surface area contributed by atoms with E-state index in [4.69, 9.17) is 5.73 Å². The van der Waals surface area contributed by atoms with Gasteiger partial charge in [-0.15, -0.1) is 0 Å². The number of hydrogen-bond acceptors (Lipinski definition) is 4. The van der Waals surface area contributed by atoms with Gasteiger partial charge in [0.05, 0.1) is 12.8 Å². The van der Waals surface area contributed by atoms with Crippen LogP contribution in [0.25, 0.3) is 0 Å². The van der Waals surface area contributed by atoms with Gasteiger partial charge >= 0.3 is 12.0 Å². The average molecular weight is 211 g/mol. The third kappa shape index (κ3) is 2.55. The van der Waals surface area contributed by atoms with E-state index in [1.165, 1.54) is 7.11 Å². The minimum atomic E-state index is -0.721. The minimum Gasteiger partial charge on any atom is -0.466 e. The van der Waals surface area contributed by atoms with Crippen LogP contribution in [0, 0.1) is 0 Å². The lowest BCUT2D eigenvalue weighted by molar-refractivity contribution is -0.136. The van der Waals surface area contributed by atoms with Crippen molar-refractivity contribution in [2.75, 3.05) is 7.11 Å². The van der Waals surface area contributed by atoms with E-state index in [2.05, 4.69) is 15.3 Å². The third-order valence-electron chi connectivity index (χ3n) is 2.23. The molecule has 82 valence electrons. The van der Waals surface area contributed by atoms with Crippen LogP contribution in [0.15, 0.2) is 16.2 Å². The molecule has 0 heterocycles. The van der Waals surface area contributed by atoms with Crippen molar-refractivity contribution in [3.63, 3.8) is 0 Å². The van der Waals surface area contributed by atoms with Crippen LogP contribution in [0.1, 0.15) is 19.8 Å². The molecule has 0 saturated carbocycles. The molecule has 0 aromatic heterocycles. The number of amides is 2. The molecule has 0 aromatic rings. The second-order valence-corrected chi connectivity index (χ2v) is 3.13. The van der Waals surface area contributed by atoms with Gasteiger partial charge < -0.3 is 10.5 Å². The van der Waals surface area contributed by atoms with Crippen molar-refractivity contribution >= 4 is 17.7 Å². The molecule has 0 saturated heterocycles. The SMILES string of the molecule is COC(=O)C1=C(C)/C(=N/NC(N)=O)CC1. The van der Waals surface area contributed by atoms with E-state index in [0.717, 1.165) is 5.57 Å². The smallest absolute Gasteiger partial charge is 0.334 e. The van der Waals surface area contributed by atoms with Gasteiger partial charge in [0.2, 0.25) is 0 Å². The first kappa shape index (κ1) is 11.2. The Bertz CT molecular complexity index is 358. The van der Waals surface area contributed by atoms with Crippen molar-refractivity contribution in [1.82, 2.24) is 5.43 Å². The highest BCUT2D eigenvalue weighted by Gasteiger charge is 2.23. The number of nitrogens with two attached hydrogens (primary N) is 1. The van der Waals surface area contributed by atoms with E-state index in [0.29, 0.717) is 24.1 Å². The summed E-state index contributed by atoms with van der Waals surface area (Å²) in [6.45, 7) is 1.76. The van der Waals surface area contributed by atoms with Crippen LogP contribution < -0.4 is 11.2 Å². The number of nitrogens with zero attached hydrogens (tertiary/aromatic N) is 1. The molecule has 1 rings (SSSR count). The minimum absolute atomic E-state index is 0.350. The molecule has 0 bridgehead atoms. The van der Waals surface area contributed by atoms with Gasteiger partial charge in [-0.3, -0.25) is 0 Å². The second kappa shape index (κ2) is 4.59. The van der Waals surface area contributed by atoms with E-state index in [1.54, 1.807) is 6.92 Å². The molecule has 0 fully saturated rings. The molecular weight excluding hydrogens is 198 g/mol. The lowest BCUT2D eigenvalue weighted by Gasteiger charge is -2.00. The first-order chi connectivity index (χ1) is 7.06. The Kier molecular flexibility index (Phi) is 3.43. The zero-order chi connectivity index (χ0) is 11.4. The van der Waals surface area contributed by atoms with E-state index in [-0.39, 0.29) is 5.97 Å². The Morgan fingerprint density at radius 3 is 2.67 bits per heavy atom. The normalized spacial score (nSPS) is 18.1. The maximum atomic E-state index is 11.3. The number of urea groups is 1. The van der Waals surface area contributed by atoms with Crippen molar-refractivity contribution in [2.24, 2.45) is 10.8 Å². The summed E-state index contributed by atoms with van der Waals surface area (Å²) in [5, 5.41) is 3.80. The van der Waals surface area contributed by atoms with Crippen LogP contribution >= 0.6 is 0 Å². The Balaban J connectivity index is 2.82. The summed E-state index contributed by atoms with van der Waals surface area (Å²) in [5.41, 5.74) is 9.01. The summed E-state index contributed by atoms with van der Waals surface area (Å²) in [6, 6.07) is -0.721. The first-order valence-corrected chi connectivity index (χ1v) is 4.46. The molecule has 2 amide bonds. The summed E-state index contributed by atoms with van der Waals surface area (Å²) < 4.78 is 4.61. The molecule has 0 aliphatic heterocycles. The van der Waals surface area contributed by atoms with Gasteiger partial charge in [0, 0.05) is 5.57 Å². The van der Waals surface area contributed by atoms with Crippen LogP contribution in [0.4, 0.5) is 4.79 Å². The van der Waals surface area contributed by atoms with Gasteiger partial charge in [0.15, 0.2) is 0 Å². The lowest BCUT2D eigenvalue weighted by atomic mass is 10.2. The maximum absolute atomic E-state index is 11.3. The highest BCUT2D eigenvalue weighted by atomic mass is 16.5. The molecule has 6 nitrogen and oxygen atoms in total. The van der Waals surface area contributed by atoms with Crippen molar-refractivity contribution in [3.8, 4) is 0 Å². The predicted octanol–water partition coefficient (Wildman–Crippen LogP) is 0.294. The van der Waals surface area contributed by atoms with Crippen LogP contribution in [0.3, 0.4) is 0 Å². The number of nitrogens with one attached hydrogen (secondary N) is 1. The van der Waals surface area contributed by atoms with Gasteiger partial charge in [0.1, 0.15) is 0 Å². The maximum Gasteiger partial charge on any atom is 0.334 e. The van der Waals surface area contributed by atoms with E-state index < -0.39 is 6.03 Å². The molecule has 0 radical (unpaired) electrons. The van der Waals surface area contributed by atoms with Crippen LogP contribution in [0.2, 0.25) is 0 Å². The zero-order valence-corrected chi connectivity index (χ0v) is 8.66. The van der Waals surface area contributed by atoms with Crippen molar-refractivity contribution in [2.45, 2.75) is 19.8 Å². The fraction of sp³-hybridized carbons (Fsp3) is 0.444. The molecule has 0 unspecified atom stereocenters. The third-order valence-corrected chi connectivity index (χ3v) is 2.23. The van der Waals surface area contributed by atoms with Crippen molar-refractivity contribution in [1.29, 1.82) is 0 Å². The Morgan fingerprint density at radius 2 is 2.13 bits per heavy atom. The summed E-state index contributed by atoms with van der Waals surface area (Å²) in [5.74, 6) is -0.350. The molecule has 15 heavy (non-hydrogen) atoms. The van der Waals surface area contributed by atoms with Gasteiger partial charge in [0.25, 0.3) is 0 Å². The molecule has 6 heteroatoms. The average Bonchev–Trinajstić information content (AvgIpc) is 2.56. The number of allylic oxidation sites excluding steroid dienone is 1. The first-order valence-electron chi connectivity index (χ1n) is 4.46. The van der Waals surface area contributed by atoms with Gasteiger partial charge in [-0.25, -0.2) is 15.0 Å². The molecule has 1 aliphatic carbocycles. The highest BCUT2D eigenvalue weighted by molar-refractivity contribution is 6.10. The van der Waals surface area contributed by atoms with E-state index >= 15 is 0 Å². The number of esters is 1. The molecular formula is C9H13N3O3. The van der Waals surface area contributed by atoms with Gasteiger partial charge in [-0.1, -0.05) is 0 Å². The number of ether oxygens (including phenoxy) is 1. The molecule has 1 aliphatic rings. The van der Waals surface area contributed by atoms with Gasteiger partial charge in [-0.05, 0) is 25.3 Å². The summed E-state index contributed by atoms with van der Waals surface area (Å²) >= 11 is 0. The largest absolute Gasteiger partial charge is 0.466 e. The zero-order valence-electron chi connectivity index (χ0n) is 8.66. The monoisotopic (exact) mass is 211 g/mol. The molecule has 0 aromatic carbocycles. The number of hydrogen-bond donors (Lipinski definition) is 2. The quantitative estimate of drug-likeness (QED) is 0.508. The van der Waals surface area contributed by atoms with E-state index in [9.17, 15) is 9.59 Å². The number of primary amides is 1. The fourth-order valence-corrected chi connectivity index (χ4v) is 1.43. The summed E-state index contributed by atoms with van der Waals surface area (Å²) in [7, 11) is 1.33. The molecule has 3 N–H and O–H groups in total. The molecule has 0 spiro atoms. The van der Waals surface area contributed by atoms with E-state index in [1.807, 2.05) is 0 Å². The Labute approximate surface area is 87.2 Å². The Hall–Kier alpha value is -1.85. The topological polar surface area (TPSA) is 93.8 Å².